The van der Waals surface area contributed by atoms with Crippen molar-refractivity contribution in [3.05, 3.63) is 30.1 Å². The quantitative estimate of drug-likeness (QED) is 0.580. The molecule has 0 spiro atoms. The zero-order valence-corrected chi connectivity index (χ0v) is 7.84. The van der Waals surface area contributed by atoms with E-state index < -0.39 is 4.29 Å². The summed E-state index contributed by atoms with van der Waals surface area (Å²) in [6.07, 6.45) is 3.11. The Balaban J connectivity index is 2.86. The summed E-state index contributed by atoms with van der Waals surface area (Å²) in [4.78, 5) is 14.9. The van der Waals surface area contributed by atoms with Gasteiger partial charge >= 0.3 is 0 Å². The maximum atomic E-state index is 11.1. The SMILES string of the molecule is O=C(c1ccncc1)C(Cl)Br. The highest BCUT2D eigenvalue weighted by Crippen LogP contribution is 2.12. The van der Waals surface area contributed by atoms with E-state index in [1.165, 1.54) is 0 Å². The average molecular weight is 234 g/mol. The summed E-state index contributed by atoms with van der Waals surface area (Å²) in [6, 6.07) is 3.25. The molecule has 0 aliphatic heterocycles. The number of nitrogens with zero attached hydrogens (tertiary/aromatic N) is 1. The molecule has 0 saturated carbocycles. The zero-order valence-electron chi connectivity index (χ0n) is 5.50. The van der Waals surface area contributed by atoms with E-state index in [4.69, 9.17) is 11.6 Å². The van der Waals surface area contributed by atoms with Crippen LogP contribution in [0.25, 0.3) is 0 Å². The predicted molar refractivity (Wildman–Crippen MR) is 47.1 cm³/mol. The first-order valence-electron chi connectivity index (χ1n) is 2.94. The number of ketones is 1. The Morgan fingerprint density at radius 3 is 2.55 bits per heavy atom. The Bertz CT molecular complexity index is 250. The normalized spacial score (nSPS) is 12.5. The van der Waals surface area contributed by atoms with Crippen LogP contribution in [0.4, 0.5) is 0 Å². The Labute approximate surface area is 77.7 Å². The van der Waals surface area contributed by atoms with Crippen LogP contribution in [0, 0.1) is 0 Å². The maximum Gasteiger partial charge on any atom is 0.191 e. The molecule has 1 atom stereocenters. The highest BCUT2D eigenvalue weighted by molar-refractivity contribution is 9.10. The molecule has 0 bridgehead atoms. The molecule has 1 aromatic heterocycles. The highest BCUT2D eigenvalue weighted by Gasteiger charge is 2.12. The van der Waals surface area contributed by atoms with Gasteiger partial charge in [-0.15, -0.1) is 11.6 Å². The summed E-state index contributed by atoms with van der Waals surface area (Å²) < 4.78 is -0.648. The third-order valence-corrected chi connectivity index (χ3v) is 1.78. The third kappa shape index (κ3) is 2.27. The number of hydrogen-bond donors (Lipinski definition) is 0. The number of halogens is 2. The van der Waals surface area contributed by atoms with Crippen molar-refractivity contribution in [2.24, 2.45) is 0 Å². The lowest BCUT2D eigenvalue weighted by Crippen LogP contribution is -2.06. The Morgan fingerprint density at radius 2 is 2.09 bits per heavy atom. The number of alkyl halides is 2. The third-order valence-electron chi connectivity index (χ3n) is 1.16. The smallest absolute Gasteiger partial charge is 0.191 e. The van der Waals surface area contributed by atoms with Gasteiger partial charge in [0.1, 0.15) is 0 Å². The summed E-state index contributed by atoms with van der Waals surface area (Å²) in [5.74, 6) is -0.144. The molecule has 1 unspecified atom stereocenters. The summed E-state index contributed by atoms with van der Waals surface area (Å²) in [7, 11) is 0. The predicted octanol–water partition coefficient (Wildman–Crippen LogP) is 2.22. The number of carbonyl (C=O) groups excluding carboxylic acids is 1. The van der Waals surface area contributed by atoms with Crippen LogP contribution in [0.2, 0.25) is 0 Å². The van der Waals surface area contributed by atoms with Gasteiger partial charge in [0.25, 0.3) is 0 Å². The molecule has 0 aromatic carbocycles. The van der Waals surface area contributed by atoms with Crippen molar-refractivity contribution < 1.29 is 4.79 Å². The van der Waals surface area contributed by atoms with Gasteiger partial charge in [0, 0.05) is 18.0 Å². The molecule has 0 radical (unpaired) electrons. The summed E-state index contributed by atoms with van der Waals surface area (Å²) in [5.41, 5.74) is 0.567. The van der Waals surface area contributed by atoms with Crippen molar-refractivity contribution in [1.82, 2.24) is 4.98 Å². The van der Waals surface area contributed by atoms with Crippen LogP contribution in [0.1, 0.15) is 10.4 Å². The molecule has 4 heteroatoms. The fourth-order valence-corrected chi connectivity index (χ4v) is 1.03. The van der Waals surface area contributed by atoms with Crippen LogP contribution in [0.15, 0.2) is 24.5 Å². The van der Waals surface area contributed by atoms with Crippen LogP contribution in [0.5, 0.6) is 0 Å². The van der Waals surface area contributed by atoms with Crippen LogP contribution in [0.3, 0.4) is 0 Å². The van der Waals surface area contributed by atoms with Crippen molar-refractivity contribution in [2.45, 2.75) is 4.29 Å². The minimum absolute atomic E-state index is 0.144. The molecular weight excluding hydrogens is 229 g/mol. The van der Waals surface area contributed by atoms with Crippen LogP contribution >= 0.6 is 27.5 Å². The number of aromatic nitrogens is 1. The second-order valence-electron chi connectivity index (χ2n) is 1.90. The molecule has 1 rings (SSSR count). The molecule has 1 aromatic rings. The number of pyridine rings is 1. The number of rotatable bonds is 2. The van der Waals surface area contributed by atoms with E-state index in [0.29, 0.717) is 5.56 Å². The first kappa shape index (κ1) is 8.68. The van der Waals surface area contributed by atoms with E-state index in [1.54, 1.807) is 24.5 Å². The van der Waals surface area contributed by atoms with E-state index >= 15 is 0 Å². The second-order valence-corrected chi connectivity index (χ2v) is 3.78. The van der Waals surface area contributed by atoms with E-state index in [2.05, 4.69) is 20.9 Å². The fourth-order valence-electron chi connectivity index (χ4n) is 0.642. The summed E-state index contributed by atoms with van der Waals surface area (Å²) >= 11 is 8.48. The highest BCUT2D eigenvalue weighted by atomic mass is 79.9. The van der Waals surface area contributed by atoms with Gasteiger partial charge in [-0.1, -0.05) is 15.9 Å². The fraction of sp³-hybridized carbons (Fsp3) is 0.143. The lowest BCUT2D eigenvalue weighted by atomic mass is 10.2. The topological polar surface area (TPSA) is 30.0 Å². The first-order chi connectivity index (χ1) is 5.22. The van der Waals surface area contributed by atoms with Gasteiger partial charge in [-0.3, -0.25) is 9.78 Å². The molecule has 1 heterocycles. The number of carbonyl (C=O) groups is 1. The number of Topliss-reactive ketones (excluding diaryl/α,β-unsaturated/α-hetero) is 1. The van der Waals surface area contributed by atoms with Crippen LogP contribution < -0.4 is 0 Å². The molecule has 0 fully saturated rings. The molecule has 58 valence electrons. The van der Waals surface area contributed by atoms with Crippen LogP contribution in [-0.2, 0) is 0 Å². The molecule has 0 N–H and O–H groups in total. The minimum Gasteiger partial charge on any atom is -0.292 e. The minimum atomic E-state index is -0.648. The van der Waals surface area contributed by atoms with Gasteiger partial charge in [0.05, 0.1) is 0 Å². The van der Waals surface area contributed by atoms with Crippen molar-refractivity contribution in [2.75, 3.05) is 0 Å². The van der Waals surface area contributed by atoms with Gasteiger partial charge in [-0.25, -0.2) is 0 Å². The molecule has 0 saturated heterocycles. The zero-order chi connectivity index (χ0) is 8.27. The van der Waals surface area contributed by atoms with Crippen molar-refractivity contribution >= 4 is 33.3 Å². The Morgan fingerprint density at radius 1 is 1.55 bits per heavy atom. The van der Waals surface area contributed by atoms with Crippen LogP contribution in [-0.4, -0.2) is 15.1 Å². The van der Waals surface area contributed by atoms with Crippen molar-refractivity contribution in [3.63, 3.8) is 0 Å². The van der Waals surface area contributed by atoms with Crippen molar-refractivity contribution in [1.29, 1.82) is 0 Å². The van der Waals surface area contributed by atoms with Gasteiger partial charge < -0.3 is 0 Å². The number of hydrogen-bond acceptors (Lipinski definition) is 2. The largest absolute Gasteiger partial charge is 0.292 e. The monoisotopic (exact) mass is 233 g/mol. The Kier molecular flexibility index (Phi) is 3.02. The first-order valence-corrected chi connectivity index (χ1v) is 4.29. The van der Waals surface area contributed by atoms with Gasteiger partial charge in [0.2, 0.25) is 0 Å². The van der Waals surface area contributed by atoms with Crippen molar-refractivity contribution in [3.8, 4) is 0 Å². The lowest BCUT2D eigenvalue weighted by Gasteiger charge is -1.98. The molecule has 0 aliphatic carbocycles. The lowest BCUT2D eigenvalue weighted by molar-refractivity contribution is 0.101. The van der Waals surface area contributed by atoms with Gasteiger partial charge in [-0.05, 0) is 12.1 Å². The standard InChI is InChI=1S/C7H5BrClNO/c8-7(9)6(11)5-1-3-10-4-2-5/h1-4,7H. The maximum absolute atomic E-state index is 11.1. The van der Waals surface area contributed by atoms with E-state index in [-0.39, 0.29) is 5.78 Å². The Hall–Kier alpha value is -0.410. The molecule has 2 nitrogen and oxygen atoms in total. The van der Waals surface area contributed by atoms with E-state index in [0.717, 1.165) is 0 Å². The summed E-state index contributed by atoms with van der Waals surface area (Å²) in [5, 5.41) is 0. The van der Waals surface area contributed by atoms with E-state index in [9.17, 15) is 4.79 Å². The summed E-state index contributed by atoms with van der Waals surface area (Å²) in [6.45, 7) is 0. The molecule has 0 aliphatic rings. The van der Waals surface area contributed by atoms with Gasteiger partial charge in [0.15, 0.2) is 10.1 Å². The van der Waals surface area contributed by atoms with Gasteiger partial charge in [-0.2, -0.15) is 0 Å². The molecular formula is C7H5BrClNO. The molecule has 11 heavy (non-hydrogen) atoms. The molecule has 0 amide bonds. The second kappa shape index (κ2) is 3.83. The van der Waals surface area contributed by atoms with E-state index in [1.807, 2.05) is 0 Å². The average Bonchev–Trinajstić information content (AvgIpc) is 2.05.